The Morgan fingerprint density at radius 2 is 1.68 bits per heavy atom. The number of methoxy groups -OCH3 is 1. The van der Waals surface area contributed by atoms with Gasteiger partial charge in [0, 0.05) is 5.69 Å². The van der Waals surface area contributed by atoms with Crippen LogP contribution in [0.3, 0.4) is 0 Å². The molecule has 0 heterocycles. The summed E-state index contributed by atoms with van der Waals surface area (Å²) in [5, 5.41) is 12.2. The highest BCUT2D eigenvalue weighted by atomic mass is 16.5. The quantitative estimate of drug-likeness (QED) is 0.808. The number of carbonyl (C=O) groups excluding carboxylic acids is 1. The molecule has 0 spiro atoms. The van der Waals surface area contributed by atoms with E-state index < -0.39 is 17.8 Å². The molecule has 0 bridgehead atoms. The van der Waals surface area contributed by atoms with Gasteiger partial charge >= 0.3 is 5.97 Å². The van der Waals surface area contributed by atoms with Crippen molar-refractivity contribution in [2.75, 3.05) is 12.4 Å². The van der Waals surface area contributed by atoms with Gasteiger partial charge in [0.1, 0.15) is 5.75 Å². The predicted molar refractivity (Wildman–Crippen MR) is 96.8 cm³/mol. The van der Waals surface area contributed by atoms with Crippen LogP contribution >= 0.6 is 0 Å². The van der Waals surface area contributed by atoms with Crippen molar-refractivity contribution >= 4 is 17.6 Å². The molecule has 0 aliphatic carbocycles. The summed E-state index contributed by atoms with van der Waals surface area (Å²) in [6.07, 6.45) is 0.371. The largest absolute Gasteiger partial charge is 0.497 e. The van der Waals surface area contributed by atoms with Crippen LogP contribution in [0.25, 0.3) is 0 Å². The summed E-state index contributed by atoms with van der Waals surface area (Å²) in [4.78, 5) is 24.1. The molecule has 2 aromatic carbocycles. The number of hydrogen-bond acceptors (Lipinski definition) is 3. The first-order valence-corrected chi connectivity index (χ1v) is 8.14. The van der Waals surface area contributed by atoms with Gasteiger partial charge in [-0.2, -0.15) is 0 Å². The van der Waals surface area contributed by atoms with Gasteiger partial charge in [-0.15, -0.1) is 0 Å². The zero-order valence-electron chi connectivity index (χ0n) is 14.7. The fraction of sp³-hybridized carbons (Fsp3) is 0.300. The molecule has 2 rings (SSSR count). The van der Waals surface area contributed by atoms with Gasteiger partial charge < -0.3 is 15.2 Å². The number of ether oxygens (including phenoxy) is 1. The molecule has 5 nitrogen and oxygen atoms in total. The van der Waals surface area contributed by atoms with E-state index in [1.807, 2.05) is 31.2 Å². The van der Waals surface area contributed by atoms with Gasteiger partial charge in [0.2, 0.25) is 5.91 Å². The number of nitrogens with one attached hydrogen (secondary N) is 1. The molecular formula is C20H23NO4. The van der Waals surface area contributed by atoms with Gasteiger partial charge in [-0.3, -0.25) is 9.59 Å². The molecule has 5 heteroatoms. The number of carbonyl (C=O) groups is 2. The highest BCUT2D eigenvalue weighted by Crippen LogP contribution is 2.22. The van der Waals surface area contributed by atoms with Crippen LogP contribution in [-0.2, 0) is 16.0 Å². The van der Waals surface area contributed by atoms with E-state index in [9.17, 15) is 14.7 Å². The number of hydrogen-bond donors (Lipinski definition) is 2. The standard InChI is InChI=1S/C20H23NO4/c1-13-4-6-15(7-5-13)12-18(14(2)20(23)24)19(22)21-16-8-10-17(25-3)11-9-16/h4-11,14,18H,12H2,1-3H3,(H,21,22)(H,23,24)/t14-,18+/m0/s1. The van der Waals surface area contributed by atoms with Crippen LogP contribution < -0.4 is 10.1 Å². The third-order valence-electron chi connectivity index (χ3n) is 4.26. The highest BCUT2D eigenvalue weighted by molar-refractivity contribution is 5.95. The van der Waals surface area contributed by atoms with Crippen LogP contribution in [0.15, 0.2) is 48.5 Å². The van der Waals surface area contributed by atoms with E-state index in [1.165, 1.54) is 0 Å². The smallest absolute Gasteiger partial charge is 0.307 e. The molecule has 0 unspecified atom stereocenters. The van der Waals surface area contributed by atoms with Gasteiger partial charge in [-0.25, -0.2) is 0 Å². The number of anilines is 1. The zero-order valence-corrected chi connectivity index (χ0v) is 14.7. The van der Waals surface area contributed by atoms with Crippen molar-refractivity contribution in [3.05, 3.63) is 59.7 Å². The zero-order chi connectivity index (χ0) is 18.4. The van der Waals surface area contributed by atoms with Gasteiger partial charge in [-0.05, 0) is 43.2 Å². The van der Waals surface area contributed by atoms with Gasteiger partial charge in [0.15, 0.2) is 0 Å². The van der Waals surface area contributed by atoms with Gasteiger partial charge in [0.05, 0.1) is 18.9 Å². The predicted octanol–water partition coefficient (Wildman–Crippen LogP) is 3.52. The molecule has 1 amide bonds. The maximum absolute atomic E-state index is 12.7. The number of carboxylic acids is 1. The van der Waals surface area contributed by atoms with Crippen LogP contribution in [0.2, 0.25) is 0 Å². The first-order valence-electron chi connectivity index (χ1n) is 8.14. The van der Waals surface area contributed by atoms with Crippen LogP contribution in [0, 0.1) is 18.8 Å². The Kier molecular flexibility index (Phi) is 6.17. The summed E-state index contributed by atoms with van der Waals surface area (Å²) in [6, 6.07) is 14.7. The van der Waals surface area contributed by atoms with Crippen LogP contribution in [0.5, 0.6) is 5.75 Å². The minimum atomic E-state index is -0.984. The van der Waals surface area contributed by atoms with Crippen LogP contribution in [0.1, 0.15) is 18.1 Å². The van der Waals surface area contributed by atoms with E-state index in [0.29, 0.717) is 17.9 Å². The molecule has 0 saturated carbocycles. The number of benzene rings is 2. The van der Waals surface area contributed by atoms with E-state index >= 15 is 0 Å². The van der Waals surface area contributed by atoms with Crippen LogP contribution in [0.4, 0.5) is 5.69 Å². The molecule has 132 valence electrons. The summed E-state index contributed by atoms with van der Waals surface area (Å²) < 4.78 is 5.09. The summed E-state index contributed by atoms with van der Waals surface area (Å²) in [5.41, 5.74) is 2.67. The Morgan fingerprint density at radius 3 is 2.20 bits per heavy atom. The van der Waals surface area contributed by atoms with Gasteiger partial charge in [-0.1, -0.05) is 36.8 Å². The maximum Gasteiger partial charge on any atom is 0.307 e. The molecule has 0 aliphatic rings. The van der Waals surface area contributed by atoms with Crippen molar-refractivity contribution in [3.63, 3.8) is 0 Å². The lowest BCUT2D eigenvalue weighted by molar-refractivity contribution is -0.145. The van der Waals surface area contributed by atoms with E-state index in [2.05, 4.69) is 5.32 Å². The lowest BCUT2D eigenvalue weighted by atomic mass is 9.87. The number of amides is 1. The maximum atomic E-state index is 12.7. The molecular weight excluding hydrogens is 318 g/mol. The molecule has 0 aliphatic heterocycles. The molecule has 25 heavy (non-hydrogen) atoms. The summed E-state index contributed by atoms with van der Waals surface area (Å²) >= 11 is 0. The SMILES string of the molecule is COc1ccc(NC(=O)[C@H](Cc2ccc(C)cc2)[C@H](C)C(=O)O)cc1. The Hall–Kier alpha value is -2.82. The normalized spacial score (nSPS) is 12.9. The molecule has 0 radical (unpaired) electrons. The number of rotatable bonds is 7. The monoisotopic (exact) mass is 341 g/mol. The van der Waals surface area contributed by atoms with Crippen molar-refractivity contribution in [3.8, 4) is 5.75 Å². The average molecular weight is 341 g/mol. The van der Waals surface area contributed by atoms with Crippen molar-refractivity contribution in [1.82, 2.24) is 0 Å². The molecule has 0 aromatic heterocycles. The van der Waals surface area contributed by atoms with Crippen molar-refractivity contribution in [2.24, 2.45) is 11.8 Å². The van der Waals surface area contributed by atoms with Crippen molar-refractivity contribution < 1.29 is 19.4 Å². The molecule has 0 fully saturated rings. The molecule has 0 saturated heterocycles. The lowest BCUT2D eigenvalue weighted by Crippen LogP contribution is -2.33. The van der Waals surface area contributed by atoms with E-state index in [-0.39, 0.29) is 5.91 Å². The first kappa shape index (κ1) is 18.5. The highest BCUT2D eigenvalue weighted by Gasteiger charge is 2.30. The molecule has 2 aromatic rings. The number of carboxylic acid groups (broad SMARTS) is 1. The Bertz CT molecular complexity index is 722. The van der Waals surface area contributed by atoms with E-state index in [0.717, 1.165) is 11.1 Å². The number of aryl methyl sites for hydroxylation is 1. The number of aliphatic carboxylic acids is 1. The molecule has 2 atom stereocenters. The van der Waals surface area contributed by atoms with Gasteiger partial charge in [0.25, 0.3) is 0 Å². The van der Waals surface area contributed by atoms with E-state index in [1.54, 1.807) is 38.3 Å². The third-order valence-corrected chi connectivity index (χ3v) is 4.26. The minimum absolute atomic E-state index is 0.305. The third kappa shape index (κ3) is 5.08. The Balaban J connectivity index is 2.16. The Labute approximate surface area is 147 Å². The summed E-state index contributed by atoms with van der Waals surface area (Å²) in [5.74, 6) is -2.06. The van der Waals surface area contributed by atoms with Crippen LogP contribution in [-0.4, -0.2) is 24.1 Å². The van der Waals surface area contributed by atoms with E-state index in [4.69, 9.17) is 4.74 Å². The Morgan fingerprint density at radius 1 is 1.08 bits per heavy atom. The fourth-order valence-corrected chi connectivity index (χ4v) is 2.56. The average Bonchev–Trinajstić information content (AvgIpc) is 2.61. The lowest BCUT2D eigenvalue weighted by Gasteiger charge is -2.21. The summed E-state index contributed by atoms with van der Waals surface area (Å²) in [7, 11) is 1.57. The second-order valence-corrected chi connectivity index (χ2v) is 6.14. The fourth-order valence-electron chi connectivity index (χ4n) is 2.56. The topological polar surface area (TPSA) is 75.6 Å². The second-order valence-electron chi connectivity index (χ2n) is 6.14. The first-order chi connectivity index (χ1) is 11.9. The van der Waals surface area contributed by atoms with Crippen molar-refractivity contribution in [2.45, 2.75) is 20.3 Å². The second kappa shape index (κ2) is 8.33. The summed E-state index contributed by atoms with van der Waals surface area (Å²) in [6.45, 7) is 3.55. The molecule has 2 N–H and O–H groups in total. The minimum Gasteiger partial charge on any atom is -0.497 e. The van der Waals surface area contributed by atoms with Crippen molar-refractivity contribution in [1.29, 1.82) is 0 Å².